The van der Waals surface area contributed by atoms with Gasteiger partial charge in [-0.05, 0) is 32.4 Å². The second-order valence-corrected chi connectivity index (χ2v) is 5.42. The number of carboxylic acid groups (broad SMARTS) is 1. The number of carbonyl (C=O) groups excluding carboxylic acids is 3. The molecule has 0 saturated heterocycles. The van der Waals surface area contributed by atoms with Gasteiger partial charge in [0.1, 0.15) is 0 Å². The molecule has 0 bridgehead atoms. The molecule has 1 aromatic rings. The Hall–Kier alpha value is -2.70. The molecule has 7 nitrogen and oxygen atoms in total. The average Bonchev–Trinajstić information content (AvgIpc) is 2.77. The average molecular weight is 319 g/mol. The molecule has 0 spiro atoms. The lowest BCUT2D eigenvalue weighted by Gasteiger charge is -2.24. The van der Waals surface area contributed by atoms with Crippen LogP contribution in [0.4, 0.5) is 0 Å². The van der Waals surface area contributed by atoms with Gasteiger partial charge in [-0.2, -0.15) is 0 Å². The summed E-state index contributed by atoms with van der Waals surface area (Å²) in [4.78, 5) is 48.8. The van der Waals surface area contributed by atoms with E-state index in [2.05, 4.69) is 0 Å². The Labute approximate surface area is 132 Å². The van der Waals surface area contributed by atoms with E-state index >= 15 is 0 Å². The largest absolute Gasteiger partial charge is 0.480 e. The lowest BCUT2D eigenvalue weighted by molar-refractivity contribution is -0.167. The molecule has 1 heterocycles. The van der Waals surface area contributed by atoms with Crippen LogP contribution in [0.2, 0.25) is 0 Å². The van der Waals surface area contributed by atoms with Crippen molar-refractivity contribution in [3.8, 4) is 0 Å². The zero-order chi connectivity index (χ0) is 17.2. The van der Waals surface area contributed by atoms with Gasteiger partial charge in [-0.3, -0.25) is 24.1 Å². The molecule has 1 atom stereocenters. The van der Waals surface area contributed by atoms with Gasteiger partial charge in [0.05, 0.1) is 17.7 Å². The number of aliphatic carboxylic acids is 1. The molecule has 0 radical (unpaired) electrons. The molecule has 0 saturated carbocycles. The van der Waals surface area contributed by atoms with Crippen LogP contribution in [-0.2, 0) is 14.3 Å². The number of fused-ring (bicyclic) bond motifs is 1. The molecule has 2 amide bonds. The van der Waals surface area contributed by atoms with Gasteiger partial charge in [-0.25, -0.2) is 0 Å². The van der Waals surface area contributed by atoms with E-state index in [1.165, 1.54) is 19.1 Å². The first-order valence-electron chi connectivity index (χ1n) is 7.18. The Kier molecular flexibility index (Phi) is 4.49. The van der Waals surface area contributed by atoms with E-state index in [4.69, 9.17) is 4.74 Å². The summed E-state index contributed by atoms with van der Waals surface area (Å²) < 4.78 is 4.79. The molecular weight excluding hydrogens is 302 g/mol. The number of hydrogen-bond acceptors (Lipinski definition) is 5. The Balaban J connectivity index is 2.17. The molecule has 0 fully saturated rings. The van der Waals surface area contributed by atoms with Crippen molar-refractivity contribution in [2.45, 2.75) is 20.3 Å². The van der Waals surface area contributed by atoms with Crippen LogP contribution in [0.25, 0.3) is 0 Å². The first-order valence-corrected chi connectivity index (χ1v) is 7.18. The number of nitrogens with zero attached hydrogens (tertiary/aromatic N) is 1. The third-order valence-electron chi connectivity index (χ3n) is 3.91. The topological polar surface area (TPSA) is 101 Å². The second kappa shape index (κ2) is 6.20. The Morgan fingerprint density at radius 1 is 1.17 bits per heavy atom. The van der Waals surface area contributed by atoms with E-state index in [9.17, 15) is 24.3 Å². The number of hydrogen-bond donors (Lipinski definition) is 1. The van der Waals surface area contributed by atoms with Crippen molar-refractivity contribution in [2.75, 3.05) is 13.2 Å². The maximum absolute atomic E-state index is 12.2. The van der Waals surface area contributed by atoms with Crippen molar-refractivity contribution in [2.24, 2.45) is 5.41 Å². The first-order chi connectivity index (χ1) is 10.8. The molecule has 0 aliphatic carbocycles. The summed E-state index contributed by atoms with van der Waals surface area (Å²) in [6.07, 6.45) is -0.216. The maximum atomic E-state index is 12.2. The van der Waals surface area contributed by atoms with Crippen LogP contribution in [-0.4, -0.2) is 46.9 Å². The molecule has 23 heavy (non-hydrogen) atoms. The summed E-state index contributed by atoms with van der Waals surface area (Å²) in [5.41, 5.74) is -1.25. The molecule has 7 heteroatoms. The van der Waals surface area contributed by atoms with Gasteiger partial charge in [0, 0.05) is 6.54 Å². The lowest BCUT2D eigenvalue weighted by atomic mass is 9.86. The number of carboxylic acids is 1. The van der Waals surface area contributed by atoms with Crippen LogP contribution >= 0.6 is 0 Å². The van der Waals surface area contributed by atoms with E-state index in [-0.39, 0.29) is 30.7 Å². The molecule has 1 aliphatic heterocycles. The summed E-state index contributed by atoms with van der Waals surface area (Å²) in [6.45, 7) is 2.68. The molecule has 1 aliphatic rings. The fourth-order valence-corrected chi connectivity index (χ4v) is 2.36. The van der Waals surface area contributed by atoms with Gasteiger partial charge in [0.2, 0.25) is 0 Å². The monoisotopic (exact) mass is 319 g/mol. The number of amides is 2. The summed E-state index contributed by atoms with van der Waals surface area (Å²) in [7, 11) is 0. The highest BCUT2D eigenvalue weighted by molar-refractivity contribution is 6.21. The highest BCUT2D eigenvalue weighted by atomic mass is 16.5. The number of ether oxygens (including phenoxy) is 1. The minimum Gasteiger partial charge on any atom is -0.480 e. The van der Waals surface area contributed by atoms with Crippen molar-refractivity contribution in [1.29, 1.82) is 0 Å². The highest BCUT2D eigenvalue weighted by Gasteiger charge is 2.45. The van der Waals surface area contributed by atoms with Crippen LogP contribution < -0.4 is 0 Å². The minimum atomic E-state index is -1.81. The van der Waals surface area contributed by atoms with E-state index in [1.54, 1.807) is 19.1 Å². The van der Waals surface area contributed by atoms with Crippen molar-refractivity contribution < 1.29 is 29.0 Å². The van der Waals surface area contributed by atoms with Gasteiger partial charge in [0.25, 0.3) is 11.8 Å². The Morgan fingerprint density at radius 3 is 2.13 bits per heavy atom. The number of rotatable bonds is 6. The van der Waals surface area contributed by atoms with Crippen molar-refractivity contribution >= 4 is 23.8 Å². The van der Waals surface area contributed by atoms with Crippen LogP contribution in [0.1, 0.15) is 41.0 Å². The number of carbonyl (C=O) groups is 4. The zero-order valence-corrected chi connectivity index (χ0v) is 12.9. The fourth-order valence-electron chi connectivity index (χ4n) is 2.36. The molecule has 122 valence electrons. The molecule has 1 aromatic carbocycles. The summed E-state index contributed by atoms with van der Waals surface area (Å²) in [5, 5.41) is 9.32. The van der Waals surface area contributed by atoms with E-state index in [0.717, 1.165) is 4.90 Å². The Morgan fingerprint density at radius 2 is 1.70 bits per heavy atom. The smallest absolute Gasteiger partial charge is 0.323 e. The lowest BCUT2D eigenvalue weighted by Crippen LogP contribution is -2.42. The first kappa shape index (κ1) is 16.7. The molecule has 2 rings (SSSR count). The number of benzene rings is 1. The zero-order valence-electron chi connectivity index (χ0n) is 12.9. The van der Waals surface area contributed by atoms with E-state index in [0.29, 0.717) is 0 Å². The summed E-state index contributed by atoms with van der Waals surface area (Å²) in [5.74, 6) is -3.21. The van der Waals surface area contributed by atoms with E-state index < -0.39 is 29.2 Å². The van der Waals surface area contributed by atoms with Gasteiger partial charge in [-0.15, -0.1) is 0 Å². The second-order valence-electron chi connectivity index (χ2n) is 5.42. The van der Waals surface area contributed by atoms with Crippen LogP contribution in [0.15, 0.2) is 24.3 Å². The van der Waals surface area contributed by atoms with Crippen molar-refractivity contribution in [1.82, 2.24) is 4.90 Å². The fraction of sp³-hybridized carbons (Fsp3) is 0.375. The van der Waals surface area contributed by atoms with Crippen LogP contribution in [0.3, 0.4) is 0 Å². The predicted octanol–water partition coefficient (Wildman–Crippen LogP) is 1.33. The van der Waals surface area contributed by atoms with Gasteiger partial charge >= 0.3 is 11.9 Å². The van der Waals surface area contributed by atoms with Crippen LogP contribution in [0, 0.1) is 5.41 Å². The van der Waals surface area contributed by atoms with Crippen molar-refractivity contribution in [3.63, 3.8) is 0 Å². The molecular formula is C16H17NO6. The van der Waals surface area contributed by atoms with E-state index in [1.807, 2.05) is 0 Å². The normalized spacial score (nSPS) is 16.0. The van der Waals surface area contributed by atoms with Gasteiger partial charge < -0.3 is 9.84 Å². The third-order valence-corrected chi connectivity index (χ3v) is 3.91. The Bertz CT molecular complexity index is 648. The van der Waals surface area contributed by atoms with Crippen LogP contribution in [0.5, 0.6) is 0 Å². The quantitative estimate of drug-likeness (QED) is 0.482. The highest BCUT2D eigenvalue weighted by Crippen LogP contribution is 2.28. The summed E-state index contributed by atoms with van der Waals surface area (Å²) >= 11 is 0. The van der Waals surface area contributed by atoms with Gasteiger partial charge in [-0.1, -0.05) is 12.1 Å². The molecule has 0 aromatic heterocycles. The molecule has 1 unspecified atom stereocenters. The number of esters is 1. The van der Waals surface area contributed by atoms with Gasteiger partial charge in [0.15, 0.2) is 5.41 Å². The molecule has 1 N–H and O–H groups in total. The van der Waals surface area contributed by atoms with Crippen molar-refractivity contribution in [3.05, 3.63) is 35.4 Å². The summed E-state index contributed by atoms with van der Waals surface area (Å²) in [6, 6.07) is 6.37. The standard InChI is InChI=1S/C16H17NO6/c1-3-23-15(22)16(2,14(20)21)8-9-17-12(18)10-6-4-5-7-11(10)13(17)19/h4-7H,3,8-9H2,1-2H3,(H,20,21). The number of imide groups is 1. The maximum Gasteiger partial charge on any atom is 0.323 e. The SMILES string of the molecule is CCOC(=O)C(C)(CCN1C(=O)c2ccccc2C1=O)C(=O)O. The third kappa shape index (κ3) is 2.81. The predicted molar refractivity (Wildman–Crippen MR) is 78.8 cm³/mol. The minimum absolute atomic E-state index is 0.0503.